The Morgan fingerprint density at radius 3 is 2.44 bits per heavy atom. The van der Waals surface area contributed by atoms with Gasteiger partial charge in [0, 0.05) is 88.8 Å². The van der Waals surface area contributed by atoms with Crippen LogP contribution < -0.4 is 10.2 Å². The molecule has 27 heavy (non-hydrogen) atoms. The quantitative estimate of drug-likeness (QED) is 0.842. The van der Waals surface area contributed by atoms with Crippen molar-refractivity contribution < 1.29 is 0 Å². The molecule has 8 heteroatoms. The van der Waals surface area contributed by atoms with Gasteiger partial charge in [-0.25, -0.2) is 9.97 Å². The molecule has 4 rings (SSSR count). The van der Waals surface area contributed by atoms with Crippen LogP contribution in [0.2, 0.25) is 0 Å². The fraction of sp³-hybridized carbons (Fsp3) is 0.526. The van der Waals surface area contributed by atoms with Crippen LogP contribution in [-0.4, -0.2) is 77.6 Å². The lowest BCUT2D eigenvalue weighted by Gasteiger charge is -2.36. The largest absolute Gasteiger partial charge is 0.338 e. The lowest BCUT2D eigenvalue weighted by Crippen LogP contribution is -2.45. The molecule has 4 heterocycles. The molecular formula is C19H28ClN7. The van der Waals surface area contributed by atoms with E-state index in [9.17, 15) is 0 Å². The highest BCUT2D eigenvalue weighted by Gasteiger charge is 2.24. The van der Waals surface area contributed by atoms with Gasteiger partial charge in [-0.3, -0.25) is 9.88 Å². The molecular weight excluding hydrogens is 362 g/mol. The number of piperazine rings is 2. The van der Waals surface area contributed by atoms with Gasteiger partial charge in [-0.2, -0.15) is 0 Å². The number of hydrogen-bond acceptors (Lipinski definition) is 7. The number of aromatic nitrogens is 3. The third-order valence-electron chi connectivity index (χ3n) is 5.31. The minimum absolute atomic E-state index is 0. The third kappa shape index (κ3) is 4.93. The molecule has 0 aromatic carbocycles. The van der Waals surface area contributed by atoms with Crippen molar-refractivity contribution in [1.82, 2.24) is 30.1 Å². The van der Waals surface area contributed by atoms with Crippen molar-refractivity contribution in [2.24, 2.45) is 0 Å². The predicted octanol–water partition coefficient (Wildman–Crippen LogP) is 1.19. The first-order valence-electron chi connectivity index (χ1n) is 9.39. The zero-order valence-electron chi connectivity index (χ0n) is 15.8. The summed E-state index contributed by atoms with van der Waals surface area (Å²) in [5, 5.41) is 3.50. The van der Waals surface area contributed by atoms with E-state index >= 15 is 0 Å². The fourth-order valence-electron chi connectivity index (χ4n) is 3.68. The molecule has 0 spiro atoms. The lowest BCUT2D eigenvalue weighted by molar-refractivity contribution is 0.153. The Morgan fingerprint density at radius 2 is 1.74 bits per heavy atom. The van der Waals surface area contributed by atoms with Crippen molar-refractivity contribution in [3.63, 3.8) is 0 Å². The Kier molecular flexibility index (Phi) is 6.95. The summed E-state index contributed by atoms with van der Waals surface area (Å²) in [6.45, 7) is 8.01. The molecule has 0 radical (unpaired) electrons. The fourth-order valence-corrected chi connectivity index (χ4v) is 3.68. The molecule has 0 amide bonds. The summed E-state index contributed by atoms with van der Waals surface area (Å²) < 4.78 is 0. The number of hydrogen-bond donors (Lipinski definition) is 1. The van der Waals surface area contributed by atoms with Gasteiger partial charge in [-0.1, -0.05) is 0 Å². The van der Waals surface area contributed by atoms with Gasteiger partial charge in [0.2, 0.25) is 5.95 Å². The van der Waals surface area contributed by atoms with Gasteiger partial charge in [0.25, 0.3) is 0 Å². The number of nitrogens with one attached hydrogen (secondary N) is 1. The van der Waals surface area contributed by atoms with Gasteiger partial charge in [0.05, 0.1) is 0 Å². The number of pyridine rings is 1. The molecule has 1 N–H and O–H groups in total. The first-order valence-corrected chi connectivity index (χ1v) is 9.39. The highest BCUT2D eigenvalue weighted by Crippen LogP contribution is 2.23. The Hall–Kier alpha value is -1.80. The van der Waals surface area contributed by atoms with Crippen LogP contribution >= 0.6 is 12.4 Å². The van der Waals surface area contributed by atoms with Crippen molar-refractivity contribution in [3.8, 4) is 0 Å². The number of rotatable bonds is 4. The molecule has 2 saturated heterocycles. The summed E-state index contributed by atoms with van der Waals surface area (Å²) in [5.41, 5.74) is 2.48. The standard InChI is InChI=1S/C19H27N7.ClH/c1-24-8-10-25(11-9-24)19-22-12-16(13-23-19)15-26-7-6-21-14-18(26)17-2-4-20-5-3-17;/h2-5,12-13,18,21H,6-11,14-15H2,1H3;1H. The van der Waals surface area contributed by atoms with Gasteiger partial charge in [-0.05, 0) is 24.7 Å². The molecule has 2 aromatic heterocycles. The minimum Gasteiger partial charge on any atom is -0.338 e. The van der Waals surface area contributed by atoms with E-state index in [0.29, 0.717) is 6.04 Å². The normalized spacial score (nSPS) is 21.7. The maximum atomic E-state index is 4.63. The van der Waals surface area contributed by atoms with E-state index in [2.05, 4.69) is 54.1 Å². The maximum Gasteiger partial charge on any atom is 0.225 e. The molecule has 2 aromatic rings. The summed E-state index contributed by atoms with van der Waals surface area (Å²) in [7, 11) is 2.16. The molecule has 2 aliphatic heterocycles. The molecule has 0 aliphatic carbocycles. The van der Waals surface area contributed by atoms with Crippen LogP contribution in [0.3, 0.4) is 0 Å². The molecule has 1 atom stereocenters. The first-order chi connectivity index (χ1) is 12.8. The van der Waals surface area contributed by atoms with Crippen molar-refractivity contribution in [3.05, 3.63) is 48.0 Å². The summed E-state index contributed by atoms with van der Waals surface area (Å²) in [4.78, 5) is 20.5. The first kappa shape index (κ1) is 19.9. The highest BCUT2D eigenvalue weighted by atomic mass is 35.5. The van der Waals surface area contributed by atoms with Crippen LogP contribution in [0.5, 0.6) is 0 Å². The second-order valence-corrected chi connectivity index (χ2v) is 7.15. The van der Waals surface area contributed by atoms with Gasteiger partial charge < -0.3 is 15.1 Å². The van der Waals surface area contributed by atoms with Gasteiger partial charge in [0.1, 0.15) is 0 Å². The Balaban J connectivity index is 0.00000210. The third-order valence-corrected chi connectivity index (χ3v) is 5.31. The van der Waals surface area contributed by atoms with E-state index in [4.69, 9.17) is 0 Å². The number of likely N-dealkylation sites (N-methyl/N-ethyl adjacent to an activating group) is 1. The average Bonchev–Trinajstić information content (AvgIpc) is 2.70. The van der Waals surface area contributed by atoms with Crippen molar-refractivity contribution >= 4 is 18.4 Å². The zero-order chi connectivity index (χ0) is 17.8. The zero-order valence-corrected chi connectivity index (χ0v) is 16.6. The van der Waals surface area contributed by atoms with E-state index in [1.165, 1.54) is 11.1 Å². The molecule has 146 valence electrons. The van der Waals surface area contributed by atoms with E-state index in [1.54, 1.807) is 0 Å². The second kappa shape index (κ2) is 9.41. The summed E-state index contributed by atoms with van der Waals surface area (Å²) in [5.74, 6) is 0.854. The van der Waals surface area contributed by atoms with Crippen LogP contribution in [0.15, 0.2) is 36.9 Å². The smallest absolute Gasteiger partial charge is 0.225 e. The predicted molar refractivity (Wildman–Crippen MR) is 109 cm³/mol. The van der Waals surface area contributed by atoms with E-state index in [0.717, 1.165) is 58.3 Å². The van der Waals surface area contributed by atoms with Crippen LogP contribution in [-0.2, 0) is 6.54 Å². The van der Waals surface area contributed by atoms with Crippen LogP contribution in [0.4, 0.5) is 5.95 Å². The molecule has 2 fully saturated rings. The number of halogens is 1. The Labute approximate surface area is 167 Å². The molecule has 0 bridgehead atoms. The summed E-state index contributed by atoms with van der Waals surface area (Å²) in [6, 6.07) is 4.58. The second-order valence-electron chi connectivity index (χ2n) is 7.15. The van der Waals surface area contributed by atoms with Crippen LogP contribution in [0.1, 0.15) is 17.2 Å². The summed E-state index contributed by atoms with van der Waals surface area (Å²) >= 11 is 0. The number of anilines is 1. The highest BCUT2D eigenvalue weighted by molar-refractivity contribution is 5.85. The van der Waals surface area contributed by atoms with Gasteiger partial charge >= 0.3 is 0 Å². The molecule has 1 unspecified atom stereocenters. The van der Waals surface area contributed by atoms with Crippen LogP contribution in [0.25, 0.3) is 0 Å². The Morgan fingerprint density at radius 1 is 1.04 bits per heavy atom. The van der Waals surface area contributed by atoms with Crippen LogP contribution in [0, 0.1) is 0 Å². The summed E-state index contributed by atoms with van der Waals surface area (Å²) in [6.07, 6.45) is 7.73. The average molecular weight is 390 g/mol. The molecule has 7 nitrogen and oxygen atoms in total. The van der Waals surface area contributed by atoms with E-state index in [1.807, 2.05) is 24.8 Å². The molecule has 2 aliphatic rings. The lowest BCUT2D eigenvalue weighted by atomic mass is 10.0. The molecule has 0 saturated carbocycles. The SMILES string of the molecule is CN1CCN(c2ncc(CN3CCNCC3c3ccncc3)cn2)CC1.Cl. The van der Waals surface area contributed by atoms with Crippen molar-refractivity contribution in [2.75, 3.05) is 57.8 Å². The Bertz CT molecular complexity index is 689. The van der Waals surface area contributed by atoms with Gasteiger partial charge in [-0.15, -0.1) is 12.4 Å². The van der Waals surface area contributed by atoms with E-state index in [-0.39, 0.29) is 12.4 Å². The minimum atomic E-state index is 0. The van der Waals surface area contributed by atoms with Gasteiger partial charge in [0.15, 0.2) is 0 Å². The van der Waals surface area contributed by atoms with Crippen molar-refractivity contribution in [1.29, 1.82) is 0 Å². The van der Waals surface area contributed by atoms with E-state index < -0.39 is 0 Å². The van der Waals surface area contributed by atoms with Crippen molar-refractivity contribution in [2.45, 2.75) is 12.6 Å². The maximum absolute atomic E-state index is 4.63. The topological polar surface area (TPSA) is 60.4 Å². The number of nitrogens with zero attached hydrogens (tertiary/aromatic N) is 6. The monoisotopic (exact) mass is 389 g/mol.